The molecule has 0 bridgehead atoms. The number of fused-ring (bicyclic) bond motifs is 1. The number of ether oxygens (including phenoxy) is 1. The summed E-state index contributed by atoms with van der Waals surface area (Å²) in [7, 11) is 0. The number of H-pyrrole nitrogens is 1. The molecule has 2 atom stereocenters. The van der Waals surface area contributed by atoms with E-state index in [4.69, 9.17) is 16.3 Å². The number of halogens is 1. The first-order valence-corrected chi connectivity index (χ1v) is 10.3. The van der Waals surface area contributed by atoms with E-state index in [0.29, 0.717) is 23.7 Å². The molecular weight excluding hydrogens is 412 g/mol. The van der Waals surface area contributed by atoms with Gasteiger partial charge in [0.25, 0.3) is 0 Å². The zero-order chi connectivity index (χ0) is 21.4. The number of tetrazole rings is 1. The lowest BCUT2D eigenvalue weighted by atomic mass is 9.78. The number of carbonyl (C=O) groups excluding carboxylic acids is 1. The fraction of sp³-hybridized carbons (Fsp3) is 0.167. The standard InChI is InChI=1S/C24H19ClN4O2/c1-24(17-5-3-2-4-6-17)21(25)20-13-18(11-12-19(20)22(24)30)31-14-15-7-9-16(10-8-15)23-26-28-29-27-23/h2-13,21H,14H2,1H3,(H,26,27,28,29). The lowest BCUT2D eigenvalue weighted by Gasteiger charge is -2.26. The number of hydrogen-bond acceptors (Lipinski definition) is 5. The highest BCUT2D eigenvalue weighted by atomic mass is 35.5. The second-order valence-electron chi connectivity index (χ2n) is 7.74. The number of Topliss-reactive ketones (excluding diaryl/α,β-unsaturated/α-hetero) is 1. The van der Waals surface area contributed by atoms with Crippen molar-refractivity contribution in [1.29, 1.82) is 0 Å². The number of hydrogen-bond donors (Lipinski definition) is 1. The summed E-state index contributed by atoms with van der Waals surface area (Å²) in [5.41, 5.74) is 3.49. The van der Waals surface area contributed by atoms with E-state index in [2.05, 4.69) is 20.6 Å². The van der Waals surface area contributed by atoms with Gasteiger partial charge in [-0.15, -0.1) is 16.7 Å². The Morgan fingerprint density at radius 3 is 2.55 bits per heavy atom. The Balaban J connectivity index is 1.34. The summed E-state index contributed by atoms with van der Waals surface area (Å²) in [6.07, 6.45) is 0. The Morgan fingerprint density at radius 2 is 1.84 bits per heavy atom. The van der Waals surface area contributed by atoms with Crippen molar-refractivity contribution in [2.24, 2.45) is 0 Å². The molecule has 0 aliphatic heterocycles. The van der Waals surface area contributed by atoms with Crippen LogP contribution in [0.5, 0.6) is 5.75 Å². The Bertz CT molecular complexity index is 1230. The summed E-state index contributed by atoms with van der Waals surface area (Å²) in [6, 6.07) is 23.0. The third-order valence-corrected chi connectivity index (χ3v) is 6.54. The molecule has 1 aromatic heterocycles. The molecule has 4 aromatic rings. The number of ketones is 1. The van der Waals surface area contributed by atoms with Crippen LogP contribution in [0.2, 0.25) is 0 Å². The van der Waals surface area contributed by atoms with Crippen LogP contribution in [-0.4, -0.2) is 26.4 Å². The topological polar surface area (TPSA) is 80.8 Å². The fourth-order valence-corrected chi connectivity index (χ4v) is 4.43. The van der Waals surface area contributed by atoms with Crippen LogP contribution < -0.4 is 4.74 Å². The van der Waals surface area contributed by atoms with E-state index in [0.717, 1.165) is 22.3 Å². The van der Waals surface area contributed by atoms with E-state index < -0.39 is 10.8 Å². The maximum absolute atomic E-state index is 13.2. The van der Waals surface area contributed by atoms with Gasteiger partial charge in [0.15, 0.2) is 11.6 Å². The summed E-state index contributed by atoms with van der Waals surface area (Å²) in [6.45, 7) is 2.30. The van der Waals surface area contributed by atoms with Crippen LogP contribution in [0.15, 0.2) is 72.8 Å². The van der Waals surface area contributed by atoms with Gasteiger partial charge in [-0.1, -0.05) is 54.6 Å². The van der Waals surface area contributed by atoms with Gasteiger partial charge in [-0.05, 0) is 52.2 Å². The predicted molar refractivity (Wildman–Crippen MR) is 117 cm³/mol. The summed E-state index contributed by atoms with van der Waals surface area (Å²) in [5.74, 6) is 1.33. The van der Waals surface area contributed by atoms with Gasteiger partial charge in [-0.25, -0.2) is 5.10 Å². The van der Waals surface area contributed by atoms with Gasteiger partial charge in [0.2, 0.25) is 0 Å². The quantitative estimate of drug-likeness (QED) is 0.456. The molecule has 2 unspecified atom stereocenters. The first kappa shape index (κ1) is 19.5. The van der Waals surface area contributed by atoms with Crippen LogP contribution in [0.3, 0.4) is 0 Å². The van der Waals surface area contributed by atoms with Crippen molar-refractivity contribution in [1.82, 2.24) is 20.6 Å². The van der Waals surface area contributed by atoms with E-state index >= 15 is 0 Å². The number of nitrogens with one attached hydrogen (secondary N) is 1. The van der Waals surface area contributed by atoms with E-state index in [1.165, 1.54) is 0 Å². The third-order valence-electron chi connectivity index (χ3n) is 5.87. The van der Waals surface area contributed by atoms with Crippen molar-refractivity contribution in [3.8, 4) is 17.1 Å². The molecule has 0 fully saturated rings. The molecule has 1 aliphatic rings. The average molecular weight is 431 g/mol. The molecule has 0 saturated heterocycles. The Morgan fingerprint density at radius 1 is 1.06 bits per heavy atom. The first-order valence-electron chi connectivity index (χ1n) is 9.91. The highest BCUT2D eigenvalue weighted by molar-refractivity contribution is 6.28. The van der Waals surface area contributed by atoms with Crippen molar-refractivity contribution >= 4 is 17.4 Å². The number of aromatic nitrogens is 4. The fourth-order valence-electron chi connectivity index (χ4n) is 4.02. The molecular formula is C24H19ClN4O2. The van der Waals surface area contributed by atoms with Gasteiger partial charge in [0, 0.05) is 11.1 Å². The molecule has 0 spiro atoms. The maximum Gasteiger partial charge on any atom is 0.179 e. The lowest BCUT2D eigenvalue weighted by Crippen LogP contribution is -2.30. The van der Waals surface area contributed by atoms with Gasteiger partial charge in [0.1, 0.15) is 12.4 Å². The summed E-state index contributed by atoms with van der Waals surface area (Å²) < 4.78 is 5.99. The smallest absolute Gasteiger partial charge is 0.179 e. The second-order valence-corrected chi connectivity index (χ2v) is 8.18. The van der Waals surface area contributed by atoms with Gasteiger partial charge < -0.3 is 4.74 Å². The molecule has 1 aliphatic carbocycles. The molecule has 31 heavy (non-hydrogen) atoms. The predicted octanol–water partition coefficient (Wildman–Crippen LogP) is 4.88. The molecule has 7 heteroatoms. The first-order chi connectivity index (χ1) is 15.1. The van der Waals surface area contributed by atoms with Crippen molar-refractivity contribution in [3.05, 3.63) is 95.1 Å². The summed E-state index contributed by atoms with van der Waals surface area (Å²) >= 11 is 6.84. The van der Waals surface area contributed by atoms with Crippen LogP contribution in [0.25, 0.3) is 11.4 Å². The number of rotatable bonds is 5. The molecule has 3 aromatic carbocycles. The monoisotopic (exact) mass is 430 g/mol. The minimum atomic E-state index is -0.796. The highest BCUT2D eigenvalue weighted by Crippen LogP contribution is 2.51. The van der Waals surface area contributed by atoms with E-state index in [-0.39, 0.29) is 5.78 Å². The zero-order valence-corrected chi connectivity index (χ0v) is 17.5. The van der Waals surface area contributed by atoms with Crippen LogP contribution in [-0.2, 0) is 12.0 Å². The molecule has 0 saturated carbocycles. The molecule has 0 amide bonds. The van der Waals surface area contributed by atoms with E-state index in [1.807, 2.05) is 79.7 Å². The van der Waals surface area contributed by atoms with Crippen molar-refractivity contribution < 1.29 is 9.53 Å². The van der Waals surface area contributed by atoms with Crippen LogP contribution in [0, 0.1) is 0 Å². The average Bonchev–Trinajstić information content (AvgIpc) is 3.42. The number of carbonyl (C=O) groups is 1. The highest BCUT2D eigenvalue weighted by Gasteiger charge is 2.50. The zero-order valence-electron chi connectivity index (χ0n) is 16.7. The van der Waals surface area contributed by atoms with Gasteiger partial charge in [0.05, 0.1) is 10.8 Å². The molecule has 1 N–H and O–H groups in total. The number of nitrogens with zero attached hydrogens (tertiary/aromatic N) is 3. The SMILES string of the molecule is CC1(c2ccccc2)C(=O)c2ccc(OCc3ccc(-c4nnn[nH]4)cc3)cc2C1Cl. The minimum Gasteiger partial charge on any atom is -0.489 e. The van der Waals surface area contributed by atoms with Crippen LogP contribution in [0.4, 0.5) is 0 Å². The van der Waals surface area contributed by atoms with Crippen molar-refractivity contribution in [2.45, 2.75) is 24.3 Å². The van der Waals surface area contributed by atoms with Crippen molar-refractivity contribution in [2.75, 3.05) is 0 Å². The Kier molecular flexibility index (Phi) is 4.79. The van der Waals surface area contributed by atoms with Crippen LogP contribution >= 0.6 is 11.6 Å². The van der Waals surface area contributed by atoms with Crippen LogP contribution in [0.1, 0.15) is 39.3 Å². The number of alkyl halides is 1. The van der Waals surface area contributed by atoms with E-state index in [1.54, 1.807) is 0 Å². The van der Waals surface area contributed by atoms with Gasteiger partial charge in [-0.2, -0.15) is 0 Å². The van der Waals surface area contributed by atoms with Crippen molar-refractivity contribution in [3.63, 3.8) is 0 Å². The molecule has 0 radical (unpaired) electrons. The Labute approximate surface area is 184 Å². The van der Waals surface area contributed by atoms with Gasteiger partial charge in [-0.3, -0.25) is 4.79 Å². The summed E-state index contributed by atoms with van der Waals surface area (Å²) in [5, 5.41) is 13.3. The Hall–Kier alpha value is -3.51. The minimum absolute atomic E-state index is 0.0396. The molecule has 1 heterocycles. The largest absolute Gasteiger partial charge is 0.489 e. The molecule has 6 nitrogen and oxygen atoms in total. The summed E-state index contributed by atoms with van der Waals surface area (Å²) in [4.78, 5) is 13.2. The molecule has 154 valence electrons. The normalized spacial score (nSPS) is 19.9. The van der Waals surface area contributed by atoms with E-state index in [9.17, 15) is 4.79 Å². The lowest BCUT2D eigenvalue weighted by molar-refractivity contribution is 0.0912. The second kappa shape index (κ2) is 7.63. The maximum atomic E-state index is 13.2. The molecule has 5 rings (SSSR count). The number of aromatic amines is 1. The van der Waals surface area contributed by atoms with Gasteiger partial charge >= 0.3 is 0 Å². The third kappa shape index (κ3) is 3.29. The number of benzene rings is 3.